The highest BCUT2D eigenvalue weighted by molar-refractivity contribution is 5.84. The number of aliphatic hydroxyl groups is 1. The number of benzene rings is 3. The van der Waals surface area contributed by atoms with Crippen molar-refractivity contribution in [1.29, 1.82) is 0 Å². The summed E-state index contributed by atoms with van der Waals surface area (Å²) >= 11 is 0. The lowest BCUT2D eigenvalue weighted by atomic mass is 9.94. The van der Waals surface area contributed by atoms with E-state index in [1.165, 1.54) is 6.07 Å². The molecule has 3 heterocycles. The van der Waals surface area contributed by atoms with Gasteiger partial charge in [-0.15, -0.1) is 0 Å². The fourth-order valence-corrected chi connectivity index (χ4v) is 5.18. The Labute approximate surface area is 213 Å². The molecule has 4 atom stereocenters. The number of nitrogens with one attached hydrogen (secondary N) is 1. The minimum atomic E-state index is -0.927. The molecule has 192 valence electrons. The number of aromatic amines is 1. The van der Waals surface area contributed by atoms with Crippen LogP contribution in [0.25, 0.3) is 33.3 Å². The van der Waals surface area contributed by atoms with Gasteiger partial charge >= 0.3 is 0 Å². The third kappa shape index (κ3) is 4.29. The van der Waals surface area contributed by atoms with E-state index in [4.69, 9.17) is 14.2 Å². The van der Waals surface area contributed by atoms with E-state index in [0.717, 1.165) is 16.7 Å². The molecule has 2 fully saturated rings. The summed E-state index contributed by atoms with van der Waals surface area (Å²) in [4.78, 5) is 7.16. The summed E-state index contributed by atoms with van der Waals surface area (Å²) in [5.74, 6) is -1.17. The van der Waals surface area contributed by atoms with Crippen LogP contribution in [0.4, 0.5) is 8.78 Å². The molecule has 37 heavy (non-hydrogen) atoms. The van der Waals surface area contributed by atoms with Crippen molar-refractivity contribution in [2.75, 3.05) is 13.2 Å². The van der Waals surface area contributed by atoms with Gasteiger partial charge in [-0.1, -0.05) is 55.5 Å². The van der Waals surface area contributed by atoms with Crippen LogP contribution >= 0.6 is 0 Å². The van der Waals surface area contributed by atoms with Crippen molar-refractivity contribution in [1.82, 2.24) is 9.97 Å². The van der Waals surface area contributed by atoms with Crippen molar-refractivity contribution in [3.63, 3.8) is 0 Å². The van der Waals surface area contributed by atoms with Gasteiger partial charge in [0.05, 0.1) is 36.0 Å². The second kappa shape index (κ2) is 8.90. The van der Waals surface area contributed by atoms with E-state index < -0.39 is 17.2 Å². The lowest BCUT2D eigenvalue weighted by Crippen LogP contribution is -2.33. The molecule has 3 aromatic carbocycles. The van der Waals surface area contributed by atoms with Crippen molar-refractivity contribution in [3.8, 4) is 28.3 Å². The largest absolute Gasteiger partial charge is 0.456 e. The van der Waals surface area contributed by atoms with Crippen LogP contribution in [0.15, 0.2) is 54.6 Å². The van der Waals surface area contributed by atoms with Crippen molar-refractivity contribution in [2.45, 2.75) is 44.7 Å². The normalized spacial score (nSPS) is 23.5. The molecule has 4 aromatic rings. The lowest BCUT2D eigenvalue weighted by molar-refractivity contribution is 0.0262. The van der Waals surface area contributed by atoms with Gasteiger partial charge in [-0.25, -0.2) is 8.78 Å². The standard InChI is InChI=1S/C29H28F2N2O4/c1-15-13-35-27-22(14-36-26(15)27)37-28-32-21-12-20(30)23(24(31)25(21)33-28)18-6-4-16(5-7-18)17-8-10-19(11-9-17)29(2,3)34/h4-12,15,22,26-27,34H,13-14H2,1-3H3,(H,32,33)/t15-,22-,26-,27-/m1/s1. The molecule has 2 N–H and O–H groups in total. The number of fused-ring (bicyclic) bond motifs is 2. The Morgan fingerprint density at radius 2 is 1.57 bits per heavy atom. The zero-order valence-corrected chi connectivity index (χ0v) is 20.8. The average molecular weight is 507 g/mol. The van der Waals surface area contributed by atoms with Gasteiger partial charge in [0.1, 0.15) is 17.4 Å². The maximum atomic E-state index is 15.5. The first-order valence-corrected chi connectivity index (χ1v) is 12.4. The molecule has 0 saturated carbocycles. The quantitative estimate of drug-likeness (QED) is 0.369. The van der Waals surface area contributed by atoms with E-state index in [2.05, 4.69) is 16.9 Å². The van der Waals surface area contributed by atoms with E-state index >= 15 is 8.78 Å². The summed E-state index contributed by atoms with van der Waals surface area (Å²) in [6.45, 7) is 6.48. The molecule has 2 saturated heterocycles. The summed E-state index contributed by atoms with van der Waals surface area (Å²) in [5.41, 5.74) is 2.18. The molecule has 0 aliphatic carbocycles. The lowest BCUT2D eigenvalue weighted by Gasteiger charge is -2.18. The Bertz CT molecular complexity index is 1440. The van der Waals surface area contributed by atoms with E-state index in [0.29, 0.717) is 18.8 Å². The van der Waals surface area contributed by atoms with E-state index in [1.54, 1.807) is 26.0 Å². The molecule has 6 nitrogen and oxygen atoms in total. The molecular formula is C29H28F2N2O4. The van der Waals surface area contributed by atoms with E-state index in [-0.39, 0.29) is 46.8 Å². The minimum Gasteiger partial charge on any atom is -0.456 e. The van der Waals surface area contributed by atoms with E-state index in [1.807, 2.05) is 36.4 Å². The predicted molar refractivity (Wildman–Crippen MR) is 135 cm³/mol. The number of hydrogen-bond donors (Lipinski definition) is 2. The van der Waals surface area contributed by atoms with Crippen LogP contribution in [0.3, 0.4) is 0 Å². The van der Waals surface area contributed by atoms with Crippen LogP contribution in [-0.4, -0.2) is 46.6 Å². The highest BCUT2D eigenvalue weighted by Crippen LogP contribution is 2.36. The molecule has 0 radical (unpaired) electrons. The number of aromatic nitrogens is 2. The summed E-state index contributed by atoms with van der Waals surface area (Å²) in [6, 6.07) is 15.9. The fourth-order valence-electron chi connectivity index (χ4n) is 5.18. The second-order valence-corrected chi connectivity index (χ2v) is 10.4. The van der Waals surface area contributed by atoms with Crippen molar-refractivity contribution in [3.05, 3.63) is 71.8 Å². The Balaban J connectivity index is 1.26. The minimum absolute atomic E-state index is 0.00820. The summed E-state index contributed by atoms with van der Waals surface area (Å²) in [6.07, 6.45) is -0.601. The monoisotopic (exact) mass is 506 g/mol. The van der Waals surface area contributed by atoms with Gasteiger partial charge in [0, 0.05) is 12.0 Å². The van der Waals surface area contributed by atoms with Crippen LogP contribution in [0, 0.1) is 17.6 Å². The topological polar surface area (TPSA) is 76.6 Å². The predicted octanol–water partition coefficient (Wildman–Crippen LogP) is 5.58. The number of nitrogens with zero attached hydrogens (tertiary/aromatic N) is 1. The Hall–Kier alpha value is -3.33. The first kappa shape index (κ1) is 24.0. The molecule has 0 bridgehead atoms. The van der Waals surface area contributed by atoms with Gasteiger partial charge in [-0.05, 0) is 36.1 Å². The van der Waals surface area contributed by atoms with Crippen LogP contribution in [0.2, 0.25) is 0 Å². The molecule has 0 unspecified atom stereocenters. The maximum absolute atomic E-state index is 15.5. The van der Waals surface area contributed by atoms with Gasteiger partial charge in [0.15, 0.2) is 11.9 Å². The highest BCUT2D eigenvalue weighted by atomic mass is 19.1. The Morgan fingerprint density at radius 3 is 2.24 bits per heavy atom. The molecule has 2 aliphatic rings. The van der Waals surface area contributed by atoms with Gasteiger partial charge < -0.3 is 24.3 Å². The average Bonchev–Trinajstić information content (AvgIpc) is 3.56. The maximum Gasteiger partial charge on any atom is 0.295 e. The van der Waals surface area contributed by atoms with Crippen LogP contribution in [0.5, 0.6) is 6.01 Å². The molecule has 0 amide bonds. The van der Waals surface area contributed by atoms with E-state index in [9.17, 15) is 5.11 Å². The molecule has 6 rings (SSSR count). The molecule has 8 heteroatoms. The van der Waals surface area contributed by atoms with Crippen molar-refractivity contribution in [2.24, 2.45) is 5.92 Å². The Morgan fingerprint density at radius 1 is 0.946 bits per heavy atom. The number of rotatable bonds is 5. The number of imidazole rings is 1. The first-order valence-electron chi connectivity index (χ1n) is 12.4. The third-order valence-corrected chi connectivity index (χ3v) is 7.26. The van der Waals surface area contributed by atoms with Crippen LogP contribution in [0.1, 0.15) is 26.3 Å². The molecule has 1 aromatic heterocycles. The van der Waals surface area contributed by atoms with Crippen LogP contribution < -0.4 is 4.74 Å². The molecule has 2 aliphatic heterocycles. The SMILES string of the molecule is C[C@@H]1CO[C@H]2[C@@H]1OC[C@H]2Oc1nc2c(F)c(-c3ccc(-c4ccc(C(C)(C)O)cc4)cc3)c(F)cc2[nH]1. The second-order valence-electron chi connectivity index (χ2n) is 10.4. The summed E-state index contributed by atoms with van der Waals surface area (Å²) < 4.78 is 48.1. The van der Waals surface area contributed by atoms with Gasteiger partial charge in [-0.2, -0.15) is 4.98 Å². The number of hydrogen-bond acceptors (Lipinski definition) is 5. The zero-order valence-electron chi connectivity index (χ0n) is 20.8. The first-order chi connectivity index (χ1) is 17.7. The zero-order chi connectivity index (χ0) is 25.9. The fraction of sp³-hybridized carbons (Fsp3) is 0.345. The van der Waals surface area contributed by atoms with Crippen LogP contribution in [-0.2, 0) is 15.1 Å². The third-order valence-electron chi connectivity index (χ3n) is 7.26. The smallest absolute Gasteiger partial charge is 0.295 e. The number of ether oxygens (including phenoxy) is 3. The molecular weight excluding hydrogens is 478 g/mol. The van der Waals surface area contributed by atoms with Gasteiger partial charge in [-0.3, -0.25) is 0 Å². The van der Waals surface area contributed by atoms with Crippen molar-refractivity contribution < 1.29 is 28.1 Å². The highest BCUT2D eigenvalue weighted by Gasteiger charge is 2.47. The Kier molecular flexibility index (Phi) is 5.78. The van der Waals surface area contributed by atoms with Gasteiger partial charge in [0.2, 0.25) is 0 Å². The summed E-state index contributed by atoms with van der Waals surface area (Å²) in [7, 11) is 0. The van der Waals surface area contributed by atoms with Crippen molar-refractivity contribution >= 4 is 11.0 Å². The number of H-pyrrole nitrogens is 1. The number of halogens is 2. The molecule has 0 spiro atoms. The van der Waals surface area contributed by atoms with Gasteiger partial charge in [0.25, 0.3) is 6.01 Å². The summed E-state index contributed by atoms with van der Waals surface area (Å²) in [5, 5.41) is 10.2.